The Labute approximate surface area is 152 Å². The van der Waals surface area contributed by atoms with Gasteiger partial charge in [0.25, 0.3) is 0 Å². The number of carbonyl (C=O) groups excluding carboxylic acids is 1. The van der Waals surface area contributed by atoms with Gasteiger partial charge in [-0.1, -0.05) is 22.9 Å². The fourth-order valence-electron chi connectivity index (χ4n) is 2.13. The van der Waals surface area contributed by atoms with E-state index in [4.69, 9.17) is 9.26 Å². The summed E-state index contributed by atoms with van der Waals surface area (Å²) in [7, 11) is -3.45. The molecule has 0 aliphatic rings. The Balaban J connectivity index is 1.85. The summed E-state index contributed by atoms with van der Waals surface area (Å²) in [4.78, 5) is 16.1. The van der Waals surface area contributed by atoms with E-state index in [2.05, 4.69) is 15.5 Å². The van der Waals surface area contributed by atoms with Gasteiger partial charge in [-0.15, -0.1) is 0 Å². The first-order valence-electron chi connectivity index (χ1n) is 8.40. The minimum atomic E-state index is -3.45. The molecule has 0 bridgehead atoms. The predicted octanol–water partition coefficient (Wildman–Crippen LogP) is 1.55. The third kappa shape index (κ3) is 5.92. The van der Waals surface area contributed by atoms with Gasteiger partial charge in [-0.3, -0.25) is 4.79 Å². The molecule has 0 saturated heterocycles. The molecule has 0 atom stereocenters. The topological polar surface area (TPSA) is 111 Å². The molecule has 1 aromatic carbocycles. The van der Waals surface area contributed by atoms with Gasteiger partial charge in [0.05, 0.1) is 10.6 Å². The fourth-order valence-corrected chi connectivity index (χ4v) is 3.37. The van der Waals surface area contributed by atoms with Crippen molar-refractivity contribution in [2.45, 2.75) is 31.6 Å². The van der Waals surface area contributed by atoms with Crippen molar-refractivity contribution in [1.82, 2.24) is 15.5 Å². The van der Waals surface area contributed by atoms with Crippen LogP contribution in [0.15, 0.2) is 33.7 Å². The number of rotatable bonds is 10. The minimum Gasteiger partial charge on any atom is -0.382 e. The maximum absolute atomic E-state index is 12.3. The molecule has 0 unspecified atom stereocenters. The van der Waals surface area contributed by atoms with Crippen molar-refractivity contribution in [3.8, 4) is 0 Å². The van der Waals surface area contributed by atoms with Crippen LogP contribution in [0.2, 0.25) is 0 Å². The van der Waals surface area contributed by atoms with Crippen molar-refractivity contribution in [2.24, 2.45) is 0 Å². The van der Waals surface area contributed by atoms with Crippen LogP contribution in [0, 0.1) is 6.92 Å². The van der Waals surface area contributed by atoms with Crippen molar-refractivity contribution in [3.63, 3.8) is 0 Å². The molecule has 0 saturated carbocycles. The van der Waals surface area contributed by atoms with Gasteiger partial charge in [0.2, 0.25) is 0 Å². The molecule has 1 heterocycles. The van der Waals surface area contributed by atoms with E-state index in [1.807, 2.05) is 13.8 Å². The molecule has 2 rings (SSSR count). The SMILES string of the molecule is CCOCCCNC(=O)c1nc(CCS(=O)(=O)c2ccc(C)cc2)no1. The molecule has 9 heteroatoms. The van der Waals surface area contributed by atoms with Crippen LogP contribution >= 0.6 is 0 Å². The normalized spacial score (nSPS) is 11.5. The summed E-state index contributed by atoms with van der Waals surface area (Å²) >= 11 is 0. The number of sulfone groups is 1. The molecule has 0 spiro atoms. The summed E-state index contributed by atoms with van der Waals surface area (Å²) in [6, 6.07) is 6.63. The summed E-state index contributed by atoms with van der Waals surface area (Å²) < 4.78 is 34.7. The van der Waals surface area contributed by atoms with Crippen molar-refractivity contribution in [3.05, 3.63) is 41.5 Å². The van der Waals surface area contributed by atoms with Gasteiger partial charge in [-0.2, -0.15) is 4.98 Å². The molecule has 2 aromatic rings. The van der Waals surface area contributed by atoms with Gasteiger partial charge in [0.15, 0.2) is 15.7 Å². The number of carbonyl (C=O) groups is 1. The number of nitrogens with zero attached hydrogens (tertiary/aromatic N) is 2. The zero-order valence-corrected chi connectivity index (χ0v) is 15.7. The molecule has 8 nitrogen and oxygen atoms in total. The average molecular weight is 381 g/mol. The monoisotopic (exact) mass is 381 g/mol. The van der Waals surface area contributed by atoms with Gasteiger partial charge >= 0.3 is 11.8 Å². The zero-order chi connectivity index (χ0) is 19.0. The predicted molar refractivity (Wildman–Crippen MR) is 94.7 cm³/mol. The maximum Gasteiger partial charge on any atom is 0.315 e. The molecule has 1 amide bonds. The first kappa shape index (κ1) is 20.1. The molecular weight excluding hydrogens is 358 g/mol. The minimum absolute atomic E-state index is 0.0668. The summed E-state index contributed by atoms with van der Waals surface area (Å²) in [5.74, 6) is -0.642. The van der Waals surface area contributed by atoms with Gasteiger partial charge in [-0.05, 0) is 32.4 Å². The zero-order valence-electron chi connectivity index (χ0n) is 14.9. The van der Waals surface area contributed by atoms with E-state index in [0.29, 0.717) is 26.2 Å². The Kier molecular flexibility index (Phi) is 7.28. The number of benzene rings is 1. The maximum atomic E-state index is 12.3. The quantitative estimate of drug-likeness (QED) is 0.622. The standard InChI is InChI=1S/C17H23N3O5S/c1-3-24-11-4-10-18-16(21)17-19-15(20-25-17)9-12-26(22,23)14-7-5-13(2)6-8-14/h5-8H,3-4,9-12H2,1-2H3,(H,18,21). The van der Waals surface area contributed by atoms with E-state index < -0.39 is 15.7 Å². The van der Waals surface area contributed by atoms with Crippen LogP contribution in [-0.4, -0.2) is 50.0 Å². The van der Waals surface area contributed by atoms with Gasteiger partial charge < -0.3 is 14.6 Å². The number of aromatic nitrogens is 2. The lowest BCUT2D eigenvalue weighted by molar-refractivity contribution is 0.0901. The van der Waals surface area contributed by atoms with Gasteiger partial charge in [0, 0.05) is 26.2 Å². The second kappa shape index (κ2) is 9.44. The van der Waals surface area contributed by atoms with E-state index in [9.17, 15) is 13.2 Å². The van der Waals surface area contributed by atoms with Crippen LogP contribution < -0.4 is 5.32 Å². The Hall–Kier alpha value is -2.26. The highest BCUT2D eigenvalue weighted by Gasteiger charge is 2.18. The summed E-state index contributed by atoms with van der Waals surface area (Å²) in [6.45, 7) is 5.41. The van der Waals surface area contributed by atoms with E-state index >= 15 is 0 Å². The van der Waals surface area contributed by atoms with Crippen LogP contribution in [-0.2, 0) is 21.0 Å². The van der Waals surface area contributed by atoms with Crippen LogP contribution in [0.1, 0.15) is 35.4 Å². The third-order valence-electron chi connectivity index (χ3n) is 3.59. The van der Waals surface area contributed by atoms with E-state index in [1.54, 1.807) is 24.3 Å². The molecule has 1 aromatic heterocycles. The van der Waals surface area contributed by atoms with Crippen molar-refractivity contribution < 1.29 is 22.5 Å². The van der Waals surface area contributed by atoms with Crippen LogP contribution in [0.5, 0.6) is 0 Å². The molecule has 142 valence electrons. The van der Waals surface area contributed by atoms with E-state index in [1.165, 1.54) is 0 Å². The smallest absolute Gasteiger partial charge is 0.315 e. The number of ether oxygens (including phenoxy) is 1. The highest BCUT2D eigenvalue weighted by Crippen LogP contribution is 2.13. The van der Waals surface area contributed by atoms with Crippen LogP contribution in [0.25, 0.3) is 0 Å². The third-order valence-corrected chi connectivity index (χ3v) is 5.32. The summed E-state index contributed by atoms with van der Waals surface area (Å²) in [5, 5.41) is 6.31. The van der Waals surface area contributed by atoms with Crippen molar-refractivity contribution >= 4 is 15.7 Å². The second-order valence-corrected chi connectivity index (χ2v) is 7.81. The first-order chi connectivity index (χ1) is 12.4. The molecule has 26 heavy (non-hydrogen) atoms. The lowest BCUT2D eigenvalue weighted by atomic mass is 10.2. The highest BCUT2D eigenvalue weighted by atomic mass is 32.2. The van der Waals surface area contributed by atoms with Crippen molar-refractivity contribution in [1.29, 1.82) is 0 Å². The van der Waals surface area contributed by atoms with E-state index in [0.717, 1.165) is 5.56 Å². The van der Waals surface area contributed by atoms with Crippen LogP contribution in [0.4, 0.5) is 0 Å². The first-order valence-corrected chi connectivity index (χ1v) is 10.1. The number of hydrogen-bond acceptors (Lipinski definition) is 7. The largest absolute Gasteiger partial charge is 0.382 e. The van der Waals surface area contributed by atoms with Gasteiger partial charge in [-0.25, -0.2) is 8.42 Å². The molecule has 1 N–H and O–H groups in total. The fraction of sp³-hybridized carbons (Fsp3) is 0.471. The van der Waals surface area contributed by atoms with E-state index in [-0.39, 0.29) is 28.8 Å². The Morgan fingerprint density at radius 3 is 2.69 bits per heavy atom. The Bertz CT molecular complexity index is 815. The summed E-state index contributed by atoms with van der Waals surface area (Å²) in [5.41, 5.74) is 0.985. The molecule has 0 aliphatic heterocycles. The highest BCUT2D eigenvalue weighted by molar-refractivity contribution is 7.91. The number of aryl methyl sites for hydroxylation is 2. The molecule has 0 fully saturated rings. The van der Waals surface area contributed by atoms with Crippen LogP contribution in [0.3, 0.4) is 0 Å². The number of nitrogens with one attached hydrogen (secondary N) is 1. The molecular formula is C17H23N3O5S. The second-order valence-electron chi connectivity index (χ2n) is 5.70. The molecule has 0 radical (unpaired) electrons. The molecule has 0 aliphatic carbocycles. The lowest BCUT2D eigenvalue weighted by Crippen LogP contribution is -2.25. The van der Waals surface area contributed by atoms with Crippen molar-refractivity contribution in [2.75, 3.05) is 25.5 Å². The Morgan fingerprint density at radius 2 is 2.00 bits per heavy atom. The average Bonchev–Trinajstić information content (AvgIpc) is 3.09. The number of amides is 1. The lowest BCUT2D eigenvalue weighted by Gasteiger charge is -2.03. The Morgan fingerprint density at radius 1 is 1.27 bits per heavy atom. The van der Waals surface area contributed by atoms with Gasteiger partial charge in [0.1, 0.15) is 0 Å². The number of hydrogen-bond donors (Lipinski definition) is 1. The summed E-state index contributed by atoms with van der Waals surface area (Å²) in [6.07, 6.45) is 0.743.